The van der Waals surface area contributed by atoms with Gasteiger partial charge < -0.3 is 9.47 Å². The van der Waals surface area contributed by atoms with Crippen LogP contribution in [-0.4, -0.2) is 28.9 Å². The number of benzene rings is 1. The average molecular weight is 319 g/mol. The molecule has 0 N–H and O–H groups in total. The van der Waals surface area contributed by atoms with E-state index in [9.17, 15) is 10.1 Å². The Hall–Kier alpha value is -2.97. The zero-order valence-electron chi connectivity index (χ0n) is 13.3. The van der Waals surface area contributed by atoms with Crippen LogP contribution in [0.2, 0.25) is 0 Å². The largest absolute Gasteiger partial charge is 0.493 e. The number of hydrogen-bond donors (Lipinski definition) is 0. The first kappa shape index (κ1) is 16.4. The maximum Gasteiger partial charge on any atom is 0.337 e. The Balaban J connectivity index is 2.29. The molecule has 1 aromatic carbocycles. The topological polar surface area (TPSA) is 104 Å². The van der Waals surface area contributed by atoms with Crippen LogP contribution in [0.4, 0.5) is 11.5 Å². The van der Waals surface area contributed by atoms with Gasteiger partial charge in [-0.1, -0.05) is 12.1 Å². The molecule has 0 fully saturated rings. The predicted octanol–water partition coefficient (Wildman–Crippen LogP) is 2.94. The summed E-state index contributed by atoms with van der Waals surface area (Å²) in [7, 11) is 4.67. The summed E-state index contributed by atoms with van der Waals surface area (Å²) in [6.45, 7) is 1.75. The van der Waals surface area contributed by atoms with Crippen LogP contribution in [0.15, 0.2) is 28.4 Å². The van der Waals surface area contributed by atoms with Crippen molar-refractivity contribution in [2.45, 2.75) is 13.5 Å². The third-order valence-corrected chi connectivity index (χ3v) is 3.23. The maximum absolute atomic E-state index is 11.1. The van der Waals surface area contributed by atoms with Crippen molar-refractivity contribution >= 4 is 11.5 Å². The molecule has 9 heteroatoms. The van der Waals surface area contributed by atoms with Crippen LogP contribution in [0.3, 0.4) is 0 Å². The van der Waals surface area contributed by atoms with Crippen molar-refractivity contribution < 1.29 is 14.4 Å². The van der Waals surface area contributed by atoms with E-state index in [1.807, 2.05) is 12.1 Å². The van der Waals surface area contributed by atoms with Crippen molar-refractivity contribution in [2.75, 3.05) is 14.2 Å². The molecule has 0 bridgehead atoms. The fraction of sp³-hybridized carbons (Fsp3) is 0.357. The molecule has 0 amide bonds. The normalized spacial score (nSPS) is 11.0. The minimum absolute atomic E-state index is 0.106. The molecule has 0 saturated heterocycles. The summed E-state index contributed by atoms with van der Waals surface area (Å²) in [5.74, 6) is 1.25. The maximum atomic E-state index is 11.1. The summed E-state index contributed by atoms with van der Waals surface area (Å²) in [5.41, 5.74) is 0.913. The van der Waals surface area contributed by atoms with E-state index in [0.29, 0.717) is 17.2 Å². The summed E-state index contributed by atoms with van der Waals surface area (Å²) >= 11 is 0. The molecule has 2 aromatic rings. The SMILES string of the molecule is COc1cccc(CN=Nc2c([N+](=O)[O-])c(C)nn2C)c1OC. The number of aromatic nitrogens is 2. The molecule has 122 valence electrons. The lowest BCUT2D eigenvalue weighted by Gasteiger charge is -2.10. The molecule has 0 saturated carbocycles. The van der Waals surface area contributed by atoms with E-state index in [2.05, 4.69) is 15.3 Å². The van der Waals surface area contributed by atoms with Crippen LogP contribution in [-0.2, 0) is 13.6 Å². The van der Waals surface area contributed by atoms with Gasteiger partial charge in [0.05, 0.1) is 25.7 Å². The monoisotopic (exact) mass is 319 g/mol. The van der Waals surface area contributed by atoms with Gasteiger partial charge >= 0.3 is 5.69 Å². The van der Waals surface area contributed by atoms with E-state index in [1.165, 1.54) is 11.8 Å². The van der Waals surface area contributed by atoms with Gasteiger partial charge in [0.1, 0.15) is 5.69 Å². The second-order valence-electron chi connectivity index (χ2n) is 4.69. The summed E-state index contributed by atoms with van der Waals surface area (Å²) in [5, 5.41) is 23.1. The van der Waals surface area contributed by atoms with E-state index in [-0.39, 0.29) is 18.1 Å². The summed E-state index contributed by atoms with van der Waals surface area (Å²) in [4.78, 5) is 10.6. The second kappa shape index (κ2) is 6.86. The van der Waals surface area contributed by atoms with Crippen molar-refractivity contribution in [2.24, 2.45) is 17.3 Å². The van der Waals surface area contributed by atoms with Gasteiger partial charge in [-0.05, 0) is 13.0 Å². The Kier molecular flexibility index (Phi) is 4.89. The average Bonchev–Trinajstić information content (AvgIpc) is 2.80. The van der Waals surface area contributed by atoms with Gasteiger partial charge in [0.25, 0.3) is 5.82 Å². The van der Waals surface area contributed by atoms with E-state index in [1.54, 1.807) is 27.1 Å². The number of nitro groups is 1. The first-order valence-electron chi connectivity index (χ1n) is 6.75. The number of methoxy groups -OCH3 is 2. The van der Waals surface area contributed by atoms with Gasteiger partial charge in [-0.25, -0.2) is 4.68 Å². The zero-order valence-corrected chi connectivity index (χ0v) is 13.3. The molecule has 0 atom stereocenters. The molecular weight excluding hydrogens is 302 g/mol. The molecule has 23 heavy (non-hydrogen) atoms. The molecule has 0 unspecified atom stereocenters. The van der Waals surface area contributed by atoms with E-state index in [0.717, 1.165) is 5.56 Å². The Morgan fingerprint density at radius 1 is 1.35 bits per heavy atom. The molecule has 0 radical (unpaired) electrons. The number of ether oxygens (including phenoxy) is 2. The highest BCUT2D eigenvalue weighted by molar-refractivity contribution is 5.55. The van der Waals surface area contributed by atoms with Crippen molar-refractivity contribution in [3.05, 3.63) is 39.6 Å². The molecule has 1 heterocycles. The van der Waals surface area contributed by atoms with Gasteiger partial charge in [-0.2, -0.15) is 10.2 Å². The predicted molar refractivity (Wildman–Crippen MR) is 82.4 cm³/mol. The highest BCUT2D eigenvalue weighted by Crippen LogP contribution is 2.33. The molecule has 9 nitrogen and oxygen atoms in total. The van der Waals surface area contributed by atoms with Gasteiger partial charge in [0.2, 0.25) is 0 Å². The molecule has 2 rings (SSSR count). The highest BCUT2D eigenvalue weighted by Gasteiger charge is 2.23. The summed E-state index contributed by atoms with van der Waals surface area (Å²) in [6.07, 6.45) is 0. The Bertz CT molecular complexity index is 754. The third-order valence-electron chi connectivity index (χ3n) is 3.23. The van der Waals surface area contributed by atoms with Gasteiger partial charge in [0.15, 0.2) is 11.5 Å². The lowest BCUT2D eigenvalue weighted by Crippen LogP contribution is -1.95. The van der Waals surface area contributed by atoms with Gasteiger partial charge in [-0.3, -0.25) is 10.1 Å². The Morgan fingerprint density at radius 2 is 2.09 bits per heavy atom. The highest BCUT2D eigenvalue weighted by atomic mass is 16.6. The second-order valence-corrected chi connectivity index (χ2v) is 4.69. The summed E-state index contributed by atoms with van der Waals surface area (Å²) < 4.78 is 11.9. The van der Waals surface area contributed by atoms with Crippen LogP contribution in [0.5, 0.6) is 11.5 Å². The van der Waals surface area contributed by atoms with Crippen LogP contribution in [0.25, 0.3) is 0 Å². The lowest BCUT2D eigenvalue weighted by molar-refractivity contribution is -0.384. The molecule has 0 spiro atoms. The lowest BCUT2D eigenvalue weighted by atomic mass is 10.2. The van der Waals surface area contributed by atoms with E-state index in [4.69, 9.17) is 9.47 Å². The first-order valence-corrected chi connectivity index (χ1v) is 6.75. The quantitative estimate of drug-likeness (QED) is 0.462. The number of para-hydroxylation sites is 1. The Labute approximate surface area is 132 Å². The van der Waals surface area contributed by atoms with Gasteiger partial charge in [0, 0.05) is 12.6 Å². The van der Waals surface area contributed by atoms with Crippen LogP contribution in [0, 0.1) is 17.0 Å². The Morgan fingerprint density at radius 3 is 2.70 bits per heavy atom. The third kappa shape index (κ3) is 3.28. The standard InChI is InChI=1S/C14H17N5O4/c1-9-12(19(20)21)14(18(2)17-9)16-15-8-10-6-5-7-11(22-3)13(10)23-4/h5-7H,8H2,1-4H3. The van der Waals surface area contributed by atoms with Gasteiger partial charge in [-0.15, -0.1) is 5.11 Å². The fourth-order valence-corrected chi connectivity index (χ4v) is 2.22. The molecule has 0 aliphatic rings. The number of azo groups is 1. The van der Waals surface area contributed by atoms with Crippen LogP contribution in [0.1, 0.15) is 11.3 Å². The van der Waals surface area contributed by atoms with E-state index >= 15 is 0 Å². The van der Waals surface area contributed by atoms with Crippen LogP contribution >= 0.6 is 0 Å². The van der Waals surface area contributed by atoms with Crippen molar-refractivity contribution in [3.8, 4) is 11.5 Å². The molecular formula is C14H17N5O4. The number of hydrogen-bond acceptors (Lipinski definition) is 7. The smallest absolute Gasteiger partial charge is 0.337 e. The van der Waals surface area contributed by atoms with Crippen LogP contribution < -0.4 is 9.47 Å². The fourth-order valence-electron chi connectivity index (χ4n) is 2.22. The molecule has 0 aliphatic heterocycles. The minimum Gasteiger partial charge on any atom is -0.493 e. The number of nitrogens with zero attached hydrogens (tertiary/aromatic N) is 5. The summed E-state index contributed by atoms with van der Waals surface area (Å²) in [6, 6.07) is 5.40. The molecule has 1 aromatic heterocycles. The number of rotatable bonds is 6. The van der Waals surface area contributed by atoms with Crippen molar-refractivity contribution in [1.29, 1.82) is 0 Å². The first-order chi connectivity index (χ1) is 11.0. The molecule has 0 aliphatic carbocycles. The van der Waals surface area contributed by atoms with Crippen molar-refractivity contribution in [3.63, 3.8) is 0 Å². The van der Waals surface area contributed by atoms with Crippen molar-refractivity contribution in [1.82, 2.24) is 9.78 Å². The van der Waals surface area contributed by atoms with E-state index < -0.39 is 4.92 Å². The zero-order chi connectivity index (χ0) is 17.0. The minimum atomic E-state index is -0.511. The number of aryl methyl sites for hydroxylation is 2.